The smallest absolute Gasteiger partial charge is 0.160 e. The standard InChI is InChI=1S/C55H34N4/c1-2-21-39(22-3-1)59-50-30-11-9-26-45(50)53-51(59)32-31-46-52(53)44-25-8-10-29-47(44)56-54(46)37-19-12-20-38(33-37)55-57-48(42-27-13-17-35-15-4-6-23-40(35)42)34-49(58-55)43-28-14-18-36-16-5-7-24-41(36)43/h1-34H. The Balaban J connectivity index is 1.11. The van der Waals surface area contributed by atoms with Gasteiger partial charge in [0, 0.05) is 54.9 Å². The van der Waals surface area contributed by atoms with Crippen molar-refractivity contribution in [3.8, 4) is 50.8 Å². The van der Waals surface area contributed by atoms with E-state index >= 15 is 0 Å². The molecule has 3 aromatic heterocycles. The second-order valence-electron chi connectivity index (χ2n) is 15.1. The number of hydrogen-bond acceptors (Lipinski definition) is 3. The average molecular weight is 751 g/mol. The lowest BCUT2D eigenvalue weighted by molar-refractivity contribution is 1.18. The summed E-state index contributed by atoms with van der Waals surface area (Å²) in [5, 5.41) is 10.5. The Morgan fingerprint density at radius 2 is 0.915 bits per heavy atom. The Kier molecular flexibility index (Phi) is 7.50. The highest BCUT2D eigenvalue weighted by molar-refractivity contribution is 6.29. The lowest BCUT2D eigenvalue weighted by Gasteiger charge is -2.14. The van der Waals surface area contributed by atoms with Crippen molar-refractivity contribution in [2.24, 2.45) is 0 Å². The highest BCUT2D eigenvalue weighted by Crippen LogP contribution is 2.43. The molecular formula is C55H34N4. The van der Waals surface area contributed by atoms with Gasteiger partial charge >= 0.3 is 0 Å². The van der Waals surface area contributed by atoms with Gasteiger partial charge in [-0.1, -0.05) is 164 Å². The average Bonchev–Trinajstić information content (AvgIpc) is 3.65. The van der Waals surface area contributed by atoms with Gasteiger partial charge in [0.05, 0.1) is 33.6 Å². The van der Waals surface area contributed by atoms with Crippen LogP contribution in [0.15, 0.2) is 206 Å². The van der Waals surface area contributed by atoms with E-state index in [0.29, 0.717) is 5.82 Å². The van der Waals surface area contributed by atoms with Gasteiger partial charge in [0.2, 0.25) is 0 Å². The van der Waals surface area contributed by atoms with Crippen molar-refractivity contribution < 1.29 is 0 Å². The highest BCUT2D eigenvalue weighted by atomic mass is 15.0. The van der Waals surface area contributed by atoms with E-state index in [0.717, 1.165) is 72.1 Å². The Morgan fingerprint density at radius 3 is 1.64 bits per heavy atom. The summed E-state index contributed by atoms with van der Waals surface area (Å²) in [5.41, 5.74) is 11.2. The zero-order valence-corrected chi connectivity index (χ0v) is 31.9. The quantitative estimate of drug-likeness (QED) is 0.165. The van der Waals surface area contributed by atoms with Gasteiger partial charge in [-0.3, -0.25) is 0 Å². The van der Waals surface area contributed by atoms with Gasteiger partial charge < -0.3 is 4.57 Å². The number of benzene rings is 9. The molecule has 12 aromatic rings. The van der Waals surface area contributed by atoms with Crippen LogP contribution in [0.4, 0.5) is 0 Å². The number of hydrogen-bond donors (Lipinski definition) is 0. The van der Waals surface area contributed by atoms with E-state index in [1.165, 1.54) is 38.0 Å². The molecule has 0 N–H and O–H groups in total. The van der Waals surface area contributed by atoms with Gasteiger partial charge in [-0.25, -0.2) is 15.0 Å². The Bertz CT molecular complexity index is 3510. The zero-order chi connectivity index (χ0) is 38.9. The molecule has 0 aliphatic heterocycles. The van der Waals surface area contributed by atoms with E-state index in [9.17, 15) is 0 Å². The van der Waals surface area contributed by atoms with Crippen LogP contribution in [0.25, 0.3) is 116 Å². The fourth-order valence-corrected chi connectivity index (χ4v) is 9.13. The monoisotopic (exact) mass is 750 g/mol. The van der Waals surface area contributed by atoms with Gasteiger partial charge in [-0.2, -0.15) is 0 Å². The minimum absolute atomic E-state index is 0.665. The topological polar surface area (TPSA) is 43.6 Å². The first kappa shape index (κ1) is 33.2. The number of pyridine rings is 1. The van der Waals surface area contributed by atoms with Crippen LogP contribution in [0, 0.1) is 0 Å². The van der Waals surface area contributed by atoms with Gasteiger partial charge in [0.25, 0.3) is 0 Å². The lowest BCUT2D eigenvalue weighted by atomic mass is 9.95. The van der Waals surface area contributed by atoms with Crippen molar-refractivity contribution in [2.75, 3.05) is 0 Å². The molecule has 0 atom stereocenters. The maximum absolute atomic E-state index is 5.41. The maximum Gasteiger partial charge on any atom is 0.160 e. The van der Waals surface area contributed by atoms with Crippen molar-refractivity contribution in [1.29, 1.82) is 0 Å². The normalized spacial score (nSPS) is 11.7. The molecule has 0 fully saturated rings. The number of para-hydroxylation sites is 3. The summed E-state index contributed by atoms with van der Waals surface area (Å²) >= 11 is 0. The minimum Gasteiger partial charge on any atom is -0.309 e. The molecule has 0 unspecified atom stereocenters. The summed E-state index contributed by atoms with van der Waals surface area (Å²) in [6, 6.07) is 73.1. The predicted octanol–water partition coefficient (Wildman–Crippen LogP) is 14.2. The molecule has 12 rings (SSSR count). The Hall–Kier alpha value is -7.95. The van der Waals surface area contributed by atoms with Crippen molar-refractivity contribution in [2.45, 2.75) is 0 Å². The second-order valence-corrected chi connectivity index (χ2v) is 15.1. The number of aromatic nitrogens is 4. The van der Waals surface area contributed by atoms with Crippen LogP contribution in [0.5, 0.6) is 0 Å². The molecule has 3 heterocycles. The first-order valence-electron chi connectivity index (χ1n) is 20.0. The Labute approximate surface area is 340 Å². The summed E-state index contributed by atoms with van der Waals surface area (Å²) in [4.78, 5) is 16.1. The molecule has 0 saturated heterocycles. The van der Waals surface area contributed by atoms with Gasteiger partial charge in [0.15, 0.2) is 5.82 Å². The predicted molar refractivity (Wildman–Crippen MR) is 246 cm³/mol. The van der Waals surface area contributed by atoms with Gasteiger partial charge in [-0.05, 0) is 64.0 Å². The van der Waals surface area contributed by atoms with Gasteiger partial charge in [-0.15, -0.1) is 0 Å². The van der Waals surface area contributed by atoms with E-state index in [1.54, 1.807) is 0 Å². The minimum atomic E-state index is 0.665. The molecule has 0 spiro atoms. The van der Waals surface area contributed by atoms with E-state index in [4.69, 9.17) is 15.0 Å². The van der Waals surface area contributed by atoms with Crippen molar-refractivity contribution in [1.82, 2.24) is 19.5 Å². The third-order valence-electron chi connectivity index (χ3n) is 11.8. The molecule has 0 radical (unpaired) electrons. The first-order chi connectivity index (χ1) is 29.3. The van der Waals surface area contributed by atoms with Crippen LogP contribution in [0.1, 0.15) is 0 Å². The molecule has 9 aromatic carbocycles. The van der Waals surface area contributed by atoms with Crippen LogP contribution in [-0.4, -0.2) is 19.5 Å². The lowest BCUT2D eigenvalue weighted by Crippen LogP contribution is -1.97. The molecule has 274 valence electrons. The summed E-state index contributed by atoms with van der Waals surface area (Å²) in [5.74, 6) is 0.665. The summed E-state index contributed by atoms with van der Waals surface area (Å²) in [6.07, 6.45) is 0. The van der Waals surface area contributed by atoms with E-state index in [2.05, 4.69) is 211 Å². The summed E-state index contributed by atoms with van der Waals surface area (Å²) in [6.45, 7) is 0. The van der Waals surface area contributed by atoms with Crippen molar-refractivity contribution in [3.63, 3.8) is 0 Å². The third kappa shape index (κ3) is 5.34. The molecular weight excluding hydrogens is 717 g/mol. The van der Waals surface area contributed by atoms with Gasteiger partial charge in [0.1, 0.15) is 0 Å². The molecule has 0 aliphatic rings. The largest absolute Gasteiger partial charge is 0.309 e. The van der Waals surface area contributed by atoms with Crippen LogP contribution >= 0.6 is 0 Å². The fraction of sp³-hybridized carbons (Fsp3) is 0. The van der Waals surface area contributed by atoms with E-state index < -0.39 is 0 Å². The van der Waals surface area contributed by atoms with Crippen LogP contribution in [-0.2, 0) is 0 Å². The fourth-order valence-electron chi connectivity index (χ4n) is 9.13. The van der Waals surface area contributed by atoms with Crippen LogP contribution < -0.4 is 0 Å². The molecule has 4 heteroatoms. The van der Waals surface area contributed by atoms with Crippen LogP contribution in [0.3, 0.4) is 0 Å². The molecule has 0 aliphatic carbocycles. The maximum atomic E-state index is 5.41. The van der Waals surface area contributed by atoms with E-state index in [1.807, 2.05) is 0 Å². The number of fused-ring (bicyclic) bond motifs is 9. The van der Waals surface area contributed by atoms with E-state index in [-0.39, 0.29) is 0 Å². The van der Waals surface area contributed by atoms with Crippen molar-refractivity contribution >= 4 is 65.0 Å². The molecule has 0 bridgehead atoms. The first-order valence-corrected chi connectivity index (χ1v) is 20.0. The Morgan fingerprint density at radius 1 is 0.339 bits per heavy atom. The third-order valence-corrected chi connectivity index (χ3v) is 11.8. The second kappa shape index (κ2) is 13.3. The van der Waals surface area contributed by atoms with Crippen LogP contribution in [0.2, 0.25) is 0 Å². The molecule has 59 heavy (non-hydrogen) atoms. The zero-order valence-electron chi connectivity index (χ0n) is 31.9. The SMILES string of the molecule is c1ccc(-n2c3ccccc3c3c4c(ccc32)c(-c2cccc(-c3nc(-c5cccc6ccccc56)cc(-c5cccc6ccccc56)n3)c2)nc2ccccc24)cc1. The highest BCUT2D eigenvalue weighted by Gasteiger charge is 2.20. The molecule has 0 saturated carbocycles. The summed E-state index contributed by atoms with van der Waals surface area (Å²) < 4.78 is 2.38. The summed E-state index contributed by atoms with van der Waals surface area (Å²) in [7, 11) is 0. The number of nitrogens with zero attached hydrogens (tertiary/aromatic N) is 4. The molecule has 0 amide bonds. The van der Waals surface area contributed by atoms with Crippen molar-refractivity contribution in [3.05, 3.63) is 206 Å². The number of rotatable bonds is 5. The molecule has 4 nitrogen and oxygen atoms in total.